The molecule has 0 saturated carbocycles. The van der Waals surface area contributed by atoms with Crippen LogP contribution in [0.4, 0.5) is 5.69 Å². The fourth-order valence-corrected chi connectivity index (χ4v) is 10.5. The molecule has 78 heavy (non-hydrogen) atoms. The lowest BCUT2D eigenvalue weighted by Crippen LogP contribution is -2.57. The second-order valence-corrected chi connectivity index (χ2v) is 21.9. The zero-order valence-corrected chi connectivity index (χ0v) is 46.0. The highest BCUT2D eigenvalue weighted by molar-refractivity contribution is 7.13. The molecule has 0 bridgehead atoms. The molecule has 2 saturated heterocycles. The van der Waals surface area contributed by atoms with Crippen molar-refractivity contribution in [3.05, 3.63) is 95.0 Å². The molecule has 418 valence electrons. The minimum Gasteiger partial charge on any atom is -0.391 e. The third kappa shape index (κ3) is 16.0. The predicted molar refractivity (Wildman–Crippen MR) is 295 cm³/mol. The first-order valence-corrected chi connectivity index (χ1v) is 27.5. The number of aromatic nitrogens is 5. The number of H-pyrrole nitrogens is 1. The average molecular weight is 1090 g/mol. The molecule has 3 aromatic carbocycles. The number of imidazole rings is 1. The number of benzene rings is 3. The van der Waals surface area contributed by atoms with Gasteiger partial charge in [-0.2, -0.15) is 5.10 Å². The van der Waals surface area contributed by atoms with E-state index in [0.717, 1.165) is 69.0 Å². The summed E-state index contributed by atoms with van der Waals surface area (Å²) in [5.41, 5.74) is 7.85. The van der Waals surface area contributed by atoms with Gasteiger partial charge in [0.2, 0.25) is 23.6 Å². The summed E-state index contributed by atoms with van der Waals surface area (Å²) in [4.78, 5) is 83.4. The molecule has 8 rings (SSSR count). The Bertz CT molecular complexity index is 2990. The van der Waals surface area contributed by atoms with Crippen molar-refractivity contribution in [2.75, 3.05) is 84.4 Å². The fourth-order valence-electron chi connectivity index (χ4n) is 9.69. The smallest absolute Gasteiger partial charge is 0.255 e. The van der Waals surface area contributed by atoms with Crippen molar-refractivity contribution >= 4 is 68.5 Å². The van der Waals surface area contributed by atoms with Crippen LogP contribution < -0.4 is 21.3 Å². The number of anilines is 1. The topological polar surface area (TPSA) is 256 Å². The summed E-state index contributed by atoms with van der Waals surface area (Å²) in [7, 11) is 1.87. The van der Waals surface area contributed by atoms with Crippen LogP contribution in [0.15, 0.2) is 72.4 Å². The standard InChI is InChI=1S/C56H73N11O10S/c1-36-51(78-35-59-36)39-8-6-37(7-9-39)30-58-54(72)47-29-43(68)33-67(47)55(73)52(56(2,3)4)64-49(69)15-18-74-20-22-76-24-25-77-23-21-75-19-16-57-50(70)26-38-14-17-66(32-38)34-48-62-44-12-11-42(28-45(44)63-48)61-53(71)40-10-13-46-41(27-40)31-60-65(46)5/h6-13,27-28,31,35,38,43,47,52,68H,14-26,29-30,32-34H2,1-5H3,(H,57,70)(H,58,72)(H,61,71)(H,62,63)(H,64,69)/t38?,43-,47+,52?/m1/s1. The number of likely N-dealkylation sites (tertiary alicyclic amines) is 2. The Labute approximate surface area is 458 Å². The number of amides is 5. The van der Waals surface area contributed by atoms with Crippen molar-refractivity contribution in [3.8, 4) is 10.4 Å². The van der Waals surface area contributed by atoms with Gasteiger partial charge in [0.05, 0.1) is 104 Å². The number of hydrogen-bond donors (Lipinski definition) is 6. The lowest BCUT2D eigenvalue weighted by Gasteiger charge is -2.35. The largest absolute Gasteiger partial charge is 0.391 e. The Hall–Kier alpha value is -6.66. The Morgan fingerprint density at radius 3 is 2.32 bits per heavy atom. The molecule has 5 heterocycles. The highest BCUT2D eigenvalue weighted by Gasteiger charge is 2.44. The molecule has 6 N–H and O–H groups in total. The predicted octanol–water partition coefficient (Wildman–Crippen LogP) is 4.73. The summed E-state index contributed by atoms with van der Waals surface area (Å²) in [6, 6.07) is 17.2. The number of carbonyl (C=O) groups excluding carboxylic acids is 5. The number of rotatable bonds is 27. The summed E-state index contributed by atoms with van der Waals surface area (Å²) >= 11 is 1.57. The van der Waals surface area contributed by atoms with Crippen LogP contribution in [-0.2, 0) is 58.3 Å². The summed E-state index contributed by atoms with van der Waals surface area (Å²) < 4.78 is 24.2. The van der Waals surface area contributed by atoms with E-state index in [1.54, 1.807) is 28.3 Å². The maximum atomic E-state index is 14.0. The Kier molecular flexibility index (Phi) is 20.1. The molecular weight excluding hydrogens is 1020 g/mol. The van der Waals surface area contributed by atoms with Gasteiger partial charge in [-0.25, -0.2) is 9.97 Å². The Morgan fingerprint density at radius 2 is 1.60 bits per heavy atom. The number of aliphatic hydroxyl groups is 1. The number of fused-ring (bicyclic) bond motifs is 2. The second-order valence-electron chi connectivity index (χ2n) is 21.0. The lowest BCUT2D eigenvalue weighted by molar-refractivity contribution is -0.144. The van der Waals surface area contributed by atoms with Crippen LogP contribution in [0.5, 0.6) is 0 Å². The molecule has 5 amide bonds. The molecule has 2 aliphatic rings. The number of thiazole rings is 1. The average Bonchev–Trinajstić information content (AvgIpc) is 4.29. The number of β-amino-alcohol motifs (C(OH)–C–C–N with tert-alkyl or cyclic N) is 1. The molecule has 22 heteroatoms. The number of aliphatic hydroxyl groups excluding tert-OH is 1. The van der Waals surface area contributed by atoms with E-state index in [2.05, 4.69) is 41.2 Å². The van der Waals surface area contributed by atoms with Crippen molar-refractivity contribution < 1.29 is 48.0 Å². The number of nitrogens with zero attached hydrogens (tertiary/aromatic N) is 6. The molecule has 0 radical (unpaired) electrons. The maximum absolute atomic E-state index is 14.0. The van der Waals surface area contributed by atoms with Gasteiger partial charge in [0.1, 0.15) is 17.9 Å². The molecule has 21 nitrogen and oxygen atoms in total. The van der Waals surface area contributed by atoms with Gasteiger partial charge in [-0.1, -0.05) is 45.0 Å². The maximum Gasteiger partial charge on any atom is 0.255 e. The Morgan fingerprint density at radius 1 is 0.872 bits per heavy atom. The number of hydrogen-bond acceptors (Lipinski definition) is 15. The third-order valence-electron chi connectivity index (χ3n) is 13.9. The van der Waals surface area contributed by atoms with E-state index in [9.17, 15) is 29.1 Å². The number of aryl methyl sites for hydroxylation is 2. The fraction of sp³-hybridized carbons (Fsp3) is 0.500. The van der Waals surface area contributed by atoms with Gasteiger partial charge in [0.15, 0.2) is 0 Å². The zero-order valence-electron chi connectivity index (χ0n) is 45.2. The molecule has 0 spiro atoms. The van der Waals surface area contributed by atoms with Gasteiger partial charge in [0.25, 0.3) is 5.91 Å². The molecule has 2 unspecified atom stereocenters. The van der Waals surface area contributed by atoms with E-state index in [1.807, 2.05) is 94.9 Å². The van der Waals surface area contributed by atoms with Crippen LogP contribution in [0.2, 0.25) is 0 Å². The van der Waals surface area contributed by atoms with E-state index >= 15 is 0 Å². The first-order valence-electron chi connectivity index (χ1n) is 26.6. The second kappa shape index (κ2) is 27.3. The van der Waals surface area contributed by atoms with Crippen LogP contribution in [0.25, 0.3) is 32.4 Å². The zero-order chi connectivity index (χ0) is 55.2. The highest BCUT2D eigenvalue weighted by Crippen LogP contribution is 2.29. The van der Waals surface area contributed by atoms with Gasteiger partial charge >= 0.3 is 0 Å². The van der Waals surface area contributed by atoms with Crippen LogP contribution >= 0.6 is 11.3 Å². The summed E-state index contributed by atoms with van der Waals surface area (Å²) in [5, 5.41) is 27.4. The minimum absolute atomic E-state index is 0.000421. The number of carbonyl (C=O) groups is 5. The highest BCUT2D eigenvalue weighted by atomic mass is 32.1. The molecule has 2 aliphatic heterocycles. The van der Waals surface area contributed by atoms with E-state index in [1.165, 1.54) is 4.90 Å². The minimum atomic E-state index is -0.935. The quantitative estimate of drug-likeness (QED) is 0.0382. The van der Waals surface area contributed by atoms with Crippen molar-refractivity contribution in [1.29, 1.82) is 0 Å². The van der Waals surface area contributed by atoms with Gasteiger partial charge in [0, 0.05) is 69.1 Å². The van der Waals surface area contributed by atoms with Crippen molar-refractivity contribution in [1.82, 2.24) is 50.5 Å². The van der Waals surface area contributed by atoms with E-state index in [-0.39, 0.29) is 68.7 Å². The first-order chi connectivity index (χ1) is 37.6. The van der Waals surface area contributed by atoms with Gasteiger partial charge in [-0.05, 0) is 78.7 Å². The van der Waals surface area contributed by atoms with Gasteiger partial charge in [-0.15, -0.1) is 11.3 Å². The van der Waals surface area contributed by atoms with E-state index < -0.39 is 29.5 Å². The SMILES string of the molecule is Cc1ncsc1-c1ccc(CNC(=O)[C@@H]2C[C@@H](O)CN2C(=O)C(NC(=O)CCOCCOCCOCCOCCNC(=O)CC2CCN(Cc3nc4cc(NC(=O)c5ccc6c(cnn6C)c5)ccc4[nH]3)C2)C(C)(C)C)cc1. The van der Waals surface area contributed by atoms with Crippen molar-refractivity contribution in [2.45, 2.75) is 84.7 Å². The lowest BCUT2D eigenvalue weighted by atomic mass is 9.85. The number of aromatic amines is 1. The van der Waals surface area contributed by atoms with Crippen LogP contribution in [0, 0.1) is 18.3 Å². The first kappa shape index (κ1) is 57.5. The normalized spacial score (nSPS) is 17.2. The molecule has 3 aromatic heterocycles. The van der Waals surface area contributed by atoms with Crippen LogP contribution in [0.3, 0.4) is 0 Å². The third-order valence-corrected chi connectivity index (χ3v) is 14.9. The number of ether oxygens (including phenoxy) is 4. The molecule has 2 fully saturated rings. The molecule has 6 aromatic rings. The Balaban J connectivity index is 0.619. The monoisotopic (exact) mass is 1090 g/mol. The molecular formula is C56H73N11O10S. The number of nitrogens with one attached hydrogen (secondary N) is 5. The van der Waals surface area contributed by atoms with Gasteiger partial charge in [-0.3, -0.25) is 33.6 Å². The van der Waals surface area contributed by atoms with Crippen molar-refractivity contribution in [3.63, 3.8) is 0 Å². The molecule has 0 aliphatic carbocycles. The van der Waals surface area contributed by atoms with Crippen molar-refractivity contribution in [2.24, 2.45) is 18.4 Å². The summed E-state index contributed by atoms with van der Waals surface area (Å²) in [6.07, 6.45) is 2.37. The van der Waals surface area contributed by atoms with E-state index in [0.29, 0.717) is 70.4 Å². The van der Waals surface area contributed by atoms with Gasteiger partial charge < -0.3 is 55.2 Å². The van der Waals surface area contributed by atoms with E-state index in [4.69, 9.17) is 23.9 Å². The van der Waals surface area contributed by atoms with Crippen LogP contribution in [0.1, 0.15) is 73.9 Å². The molecule has 4 atom stereocenters. The summed E-state index contributed by atoms with van der Waals surface area (Å²) in [5.74, 6) is -0.286. The summed E-state index contributed by atoms with van der Waals surface area (Å²) in [6.45, 7) is 13.0. The van der Waals surface area contributed by atoms with Crippen LogP contribution in [-0.4, -0.2) is 166 Å².